The lowest BCUT2D eigenvalue weighted by Gasteiger charge is -2.15. The maximum Gasteiger partial charge on any atom is 0.227 e. The first-order valence-corrected chi connectivity index (χ1v) is 5.96. The molecule has 0 bridgehead atoms. The van der Waals surface area contributed by atoms with Gasteiger partial charge < -0.3 is 20.9 Å². The molecule has 2 rings (SSSR count). The predicted octanol–water partition coefficient (Wildman–Crippen LogP) is -0.763. The van der Waals surface area contributed by atoms with Crippen LogP contribution in [0.25, 0.3) is 0 Å². The number of aliphatic hydroxyl groups excluding tert-OH is 1. The normalized spacial score (nSPS) is 38.9. The lowest BCUT2D eigenvalue weighted by Crippen LogP contribution is -2.42. The highest BCUT2D eigenvalue weighted by atomic mass is 16.5. The largest absolute Gasteiger partial charge is 0.393 e. The van der Waals surface area contributed by atoms with Crippen LogP contribution >= 0.6 is 0 Å². The van der Waals surface area contributed by atoms with Crippen molar-refractivity contribution >= 4 is 5.91 Å². The van der Waals surface area contributed by atoms with E-state index in [1.807, 2.05) is 0 Å². The Balaban J connectivity index is 1.71. The van der Waals surface area contributed by atoms with Crippen LogP contribution in [0.15, 0.2) is 0 Å². The Labute approximate surface area is 95.3 Å². The van der Waals surface area contributed by atoms with Crippen LogP contribution in [0, 0.1) is 11.8 Å². The van der Waals surface area contributed by atoms with E-state index in [1.165, 1.54) is 0 Å². The molecule has 92 valence electrons. The molecule has 0 aromatic rings. The number of ether oxygens (including phenoxy) is 1. The van der Waals surface area contributed by atoms with Crippen molar-refractivity contribution in [2.24, 2.45) is 17.6 Å². The summed E-state index contributed by atoms with van der Waals surface area (Å²) in [5.41, 5.74) is 5.76. The minimum absolute atomic E-state index is 0.00797. The van der Waals surface area contributed by atoms with Crippen LogP contribution < -0.4 is 11.1 Å². The number of hydrogen-bond acceptors (Lipinski definition) is 4. The highest BCUT2D eigenvalue weighted by molar-refractivity contribution is 5.79. The first-order valence-electron chi connectivity index (χ1n) is 5.96. The summed E-state index contributed by atoms with van der Waals surface area (Å²) in [5.74, 6) is 0.204. The second-order valence-corrected chi connectivity index (χ2v) is 4.89. The fourth-order valence-electron chi connectivity index (χ4n) is 2.45. The molecular weight excluding hydrogens is 208 g/mol. The van der Waals surface area contributed by atoms with Crippen molar-refractivity contribution in [1.29, 1.82) is 0 Å². The van der Waals surface area contributed by atoms with Crippen LogP contribution in [-0.4, -0.2) is 42.9 Å². The minimum atomic E-state index is -0.202. The van der Waals surface area contributed by atoms with Crippen molar-refractivity contribution < 1.29 is 14.6 Å². The average Bonchev–Trinajstić information content (AvgIpc) is 2.84. The minimum Gasteiger partial charge on any atom is -0.393 e. The predicted molar refractivity (Wildman–Crippen MR) is 58.6 cm³/mol. The number of nitrogens with one attached hydrogen (secondary N) is 1. The Morgan fingerprint density at radius 1 is 1.44 bits per heavy atom. The van der Waals surface area contributed by atoms with E-state index in [0.717, 1.165) is 19.3 Å². The van der Waals surface area contributed by atoms with Crippen LogP contribution in [0.2, 0.25) is 0 Å². The highest BCUT2D eigenvalue weighted by Crippen LogP contribution is 2.24. The van der Waals surface area contributed by atoms with Gasteiger partial charge in [-0.3, -0.25) is 4.79 Å². The van der Waals surface area contributed by atoms with Crippen molar-refractivity contribution in [1.82, 2.24) is 5.32 Å². The third-order valence-electron chi connectivity index (χ3n) is 3.54. The Bertz CT molecular complexity index is 260. The smallest absolute Gasteiger partial charge is 0.227 e. The zero-order chi connectivity index (χ0) is 11.5. The Kier molecular flexibility index (Phi) is 3.78. The van der Waals surface area contributed by atoms with Gasteiger partial charge in [-0.25, -0.2) is 0 Å². The summed E-state index contributed by atoms with van der Waals surface area (Å²) in [6.07, 6.45) is 2.47. The highest BCUT2D eigenvalue weighted by Gasteiger charge is 2.32. The number of carbonyl (C=O) groups is 1. The summed E-state index contributed by atoms with van der Waals surface area (Å²) in [4.78, 5) is 11.8. The molecule has 1 saturated carbocycles. The van der Waals surface area contributed by atoms with Crippen LogP contribution in [0.4, 0.5) is 0 Å². The molecule has 0 radical (unpaired) electrons. The van der Waals surface area contributed by atoms with E-state index in [0.29, 0.717) is 25.7 Å². The van der Waals surface area contributed by atoms with Crippen LogP contribution in [0.5, 0.6) is 0 Å². The van der Waals surface area contributed by atoms with E-state index in [-0.39, 0.29) is 24.0 Å². The van der Waals surface area contributed by atoms with Crippen molar-refractivity contribution in [2.45, 2.75) is 31.4 Å². The molecule has 1 amide bonds. The van der Waals surface area contributed by atoms with Gasteiger partial charge in [0.2, 0.25) is 5.91 Å². The molecule has 1 aliphatic heterocycles. The molecule has 1 aliphatic carbocycles. The third-order valence-corrected chi connectivity index (χ3v) is 3.54. The van der Waals surface area contributed by atoms with Gasteiger partial charge in [0.25, 0.3) is 0 Å². The second-order valence-electron chi connectivity index (χ2n) is 4.89. The second kappa shape index (κ2) is 5.12. The van der Waals surface area contributed by atoms with Crippen molar-refractivity contribution in [2.75, 3.05) is 19.8 Å². The third kappa shape index (κ3) is 2.72. The number of rotatable bonds is 3. The number of nitrogens with two attached hydrogens (primary N) is 1. The van der Waals surface area contributed by atoms with Crippen molar-refractivity contribution in [3.8, 4) is 0 Å². The van der Waals surface area contributed by atoms with Gasteiger partial charge in [-0.2, -0.15) is 0 Å². The van der Waals surface area contributed by atoms with Gasteiger partial charge >= 0.3 is 0 Å². The van der Waals surface area contributed by atoms with E-state index in [9.17, 15) is 9.90 Å². The molecule has 4 unspecified atom stereocenters. The molecule has 0 aromatic heterocycles. The van der Waals surface area contributed by atoms with Crippen LogP contribution in [0.3, 0.4) is 0 Å². The summed E-state index contributed by atoms with van der Waals surface area (Å²) in [6, 6.07) is -0.172. The Morgan fingerprint density at radius 2 is 2.25 bits per heavy atom. The molecule has 1 heterocycles. The summed E-state index contributed by atoms with van der Waals surface area (Å²) in [7, 11) is 0. The molecule has 0 spiro atoms. The van der Waals surface area contributed by atoms with Gasteiger partial charge in [-0.1, -0.05) is 0 Å². The molecule has 2 aliphatic rings. The molecule has 4 atom stereocenters. The molecule has 5 nitrogen and oxygen atoms in total. The Morgan fingerprint density at radius 3 is 2.81 bits per heavy atom. The Hall–Kier alpha value is -0.650. The molecule has 16 heavy (non-hydrogen) atoms. The summed E-state index contributed by atoms with van der Waals surface area (Å²) < 4.78 is 5.15. The van der Waals surface area contributed by atoms with Crippen LogP contribution in [0.1, 0.15) is 19.3 Å². The standard InChI is InChI=1S/C11H20N2O3/c12-10-6-16-5-9(10)11(15)13-4-7-1-2-8(14)3-7/h7-10,14H,1-6,12H2,(H,13,15). The van der Waals surface area contributed by atoms with E-state index in [4.69, 9.17) is 10.5 Å². The number of carbonyl (C=O) groups excluding carboxylic acids is 1. The van der Waals surface area contributed by atoms with Gasteiger partial charge in [0, 0.05) is 12.6 Å². The van der Waals surface area contributed by atoms with Gasteiger partial charge in [0.15, 0.2) is 0 Å². The van der Waals surface area contributed by atoms with E-state index in [1.54, 1.807) is 0 Å². The van der Waals surface area contributed by atoms with Gasteiger partial charge in [-0.05, 0) is 25.2 Å². The first kappa shape index (κ1) is 11.8. The zero-order valence-electron chi connectivity index (χ0n) is 9.39. The van der Waals surface area contributed by atoms with Gasteiger partial charge in [0.05, 0.1) is 25.2 Å². The van der Waals surface area contributed by atoms with Gasteiger partial charge in [-0.15, -0.1) is 0 Å². The fraction of sp³-hybridized carbons (Fsp3) is 0.909. The lowest BCUT2D eigenvalue weighted by atomic mass is 10.0. The zero-order valence-corrected chi connectivity index (χ0v) is 9.39. The van der Waals surface area contributed by atoms with E-state index < -0.39 is 0 Å². The lowest BCUT2D eigenvalue weighted by molar-refractivity contribution is -0.125. The van der Waals surface area contributed by atoms with E-state index in [2.05, 4.69) is 5.32 Å². The SMILES string of the molecule is NC1COCC1C(=O)NCC1CCC(O)C1. The maximum atomic E-state index is 11.8. The summed E-state index contributed by atoms with van der Waals surface area (Å²) in [6.45, 7) is 1.56. The van der Waals surface area contributed by atoms with Crippen molar-refractivity contribution in [3.05, 3.63) is 0 Å². The van der Waals surface area contributed by atoms with E-state index >= 15 is 0 Å². The molecule has 1 saturated heterocycles. The molecule has 0 aromatic carbocycles. The number of aliphatic hydroxyl groups is 1. The molecule has 4 N–H and O–H groups in total. The summed E-state index contributed by atoms with van der Waals surface area (Å²) in [5, 5.41) is 12.3. The fourth-order valence-corrected chi connectivity index (χ4v) is 2.45. The summed E-state index contributed by atoms with van der Waals surface area (Å²) >= 11 is 0. The number of hydrogen-bond donors (Lipinski definition) is 3. The van der Waals surface area contributed by atoms with Crippen molar-refractivity contribution in [3.63, 3.8) is 0 Å². The monoisotopic (exact) mass is 228 g/mol. The topological polar surface area (TPSA) is 84.6 Å². The average molecular weight is 228 g/mol. The molecule has 2 fully saturated rings. The molecule has 5 heteroatoms. The van der Waals surface area contributed by atoms with Gasteiger partial charge in [0.1, 0.15) is 0 Å². The van der Waals surface area contributed by atoms with Crippen LogP contribution in [-0.2, 0) is 9.53 Å². The quantitative estimate of drug-likeness (QED) is 0.592. The maximum absolute atomic E-state index is 11.8. The molecular formula is C11H20N2O3. The first-order chi connectivity index (χ1) is 7.66. The number of amides is 1.